The highest BCUT2D eigenvalue weighted by molar-refractivity contribution is 7.09. The van der Waals surface area contributed by atoms with Gasteiger partial charge in [0.2, 0.25) is 0 Å². The van der Waals surface area contributed by atoms with Gasteiger partial charge in [-0.25, -0.2) is 0 Å². The smallest absolute Gasteiger partial charge is 0.123 e. The number of anilines is 1. The van der Waals surface area contributed by atoms with E-state index in [4.69, 9.17) is 10.5 Å². The first-order valence-corrected chi connectivity index (χ1v) is 7.01. The fourth-order valence-corrected chi connectivity index (χ4v) is 2.45. The van der Waals surface area contributed by atoms with Gasteiger partial charge in [0, 0.05) is 10.6 Å². The number of nitrogen functional groups attached to an aromatic ring is 1. The van der Waals surface area contributed by atoms with Crippen LogP contribution in [0.4, 0.5) is 5.69 Å². The molecule has 2 rings (SSSR count). The fraction of sp³-hybridized carbons (Fsp3) is 0.333. The molecule has 0 atom stereocenters. The molecule has 1 aromatic heterocycles. The van der Waals surface area contributed by atoms with Crippen molar-refractivity contribution in [2.75, 3.05) is 5.73 Å². The van der Waals surface area contributed by atoms with Crippen molar-refractivity contribution in [2.24, 2.45) is 0 Å². The number of thiophene rings is 1. The van der Waals surface area contributed by atoms with E-state index < -0.39 is 0 Å². The summed E-state index contributed by atoms with van der Waals surface area (Å²) >= 11 is 1.71. The van der Waals surface area contributed by atoms with Crippen LogP contribution in [0.2, 0.25) is 0 Å². The first-order valence-electron chi connectivity index (χ1n) is 6.13. The van der Waals surface area contributed by atoms with Crippen molar-refractivity contribution in [3.8, 4) is 5.75 Å². The third-order valence-electron chi connectivity index (χ3n) is 2.97. The fourth-order valence-electron chi connectivity index (χ4n) is 1.84. The van der Waals surface area contributed by atoms with Crippen molar-refractivity contribution in [1.29, 1.82) is 0 Å². The van der Waals surface area contributed by atoms with E-state index in [1.54, 1.807) is 11.3 Å². The van der Waals surface area contributed by atoms with Crippen LogP contribution in [0.3, 0.4) is 0 Å². The predicted octanol–water partition coefficient (Wildman–Crippen LogP) is 4.34. The van der Waals surface area contributed by atoms with Gasteiger partial charge in [-0.05, 0) is 47.5 Å². The quantitative estimate of drug-likeness (QED) is 0.831. The standard InChI is InChI=1S/C15H19NOS/c1-10(2)13-8-14(16)11(3)7-15(13)17-9-12-5-4-6-18-12/h4-8,10H,9,16H2,1-3H3. The van der Waals surface area contributed by atoms with Crippen LogP contribution in [0.25, 0.3) is 0 Å². The number of hydrogen-bond acceptors (Lipinski definition) is 3. The Kier molecular flexibility index (Phi) is 3.92. The van der Waals surface area contributed by atoms with Crippen LogP contribution in [-0.2, 0) is 6.61 Å². The van der Waals surface area contributed by atoms with Crippen molar-refractivity contribution in [1.82, 2.24) is 0 Å². The average Bonchev–Trinajstić information content (AvgIpc) is 2.83. The lowest BCUT2D eigenvalue weighted by Gasteiger charge is -2.16. The van der Waals surface area contributed by atoms with E-state index >= 15 is 0 Å². The summed E-state index contributed by atoms with van der Waals surface area (Å²) in [5, 5.41) is 2.07. The molecule has 1 aromatic carbocycles. The summed E-state index contributed by atoms with van der Waals surface area (Å²) in [6.07, 6.45) is 0. The van der Waals surface area contributed by atoms with Gasteiger partial charge in [0.25, 0.3) is 0 Å². The maximum Gasteiger partial charge on any atom is 0.123 e. The van der Waals surface area contributed by atoms with E-state index in [1.807, 2.05) is 25.1 Å². The number of benzene rings is 1. The van der Waals surface area contributed by atoms with Gasteiger partial charge in [-0.15, -0.1) is 11.3 Å². The summed E-state index contributed by atoms with van der Waals surface area (Å²) in [6.45, 7) is 6.95. The van der Waals surface area contributed by atoms with Crippen molar-refractivity contribution in [2.45, 2.75) is 33.3 Å². The zero-order chi connectivity index (χ0) is 13.1. The molecule has 0 unspecified atom stereocenters. The molecule has 3 heteroatoms. The lowest BCUT2D eigenvalue weighted by atomic mass is 9.99. The second-order valence-corrected chi connectivity index (χ2v) is 5.80. The number of aryl methyl sites for hydroxylation is 1. The number of ether oxygens (including phenoxy) is 1. The highest BCUT2D eigenvalue weighted by Gasteiger charge is 2.11. The minimum Gasteiger partial charge on any atom is -0.488 e. The van der Waals surface area contributed by atoms with Gasteiger partial charge in [-0.2, -0.15) is 0 Å². The Balaban J connectivity index is 2.23. The number of hydrogen-bond donors (Lipinski definition) is 1. The van der Waals surface area contributed by atoms with E-state index in [1.165, 1.54) is 10.4 Å². The maximum atomic E-state index is 5.96. The molecule has 2 nitrogen and oxygen atoms in total. The zero-order valence-electron chi connectivity index (χ0n) is 11.1. The van der Waals surface area contributed by atoms with Gasteiger partial charge in [-0.1, -0.05) is 19.9 Å². The molecule has 0 aliphatic heterocycles. The molecule has 0 spiro atoms. The molecule has 18 heavy (non-hydrogen) atoms. The highest BCUT2D eigenvalue weighted by atomic mass is 32.1. The molecule has 0 amide bonds. The summed E-state index contributed by atoms with van der Waals surface area (Å²) in [5.41, 5.74) is 9.05. The third-order valence-corrected chi connectivity index (χ3v) is 3.82. The topological polar surface area (TPSA) is 35.2 Å². The molecule has 0 bridgehead atoms. The largest absolute Gasteiger partial charge is 0.488 e. The van der Waals surface area contributed by atoms with Gasteiger partial charge < -0.3 is 10.5 Å². The average molecular weight is 261 g/mol. The van der Waals surface area contributed by atoms with Gasteiger partial charge in [0.1, 0.15) is 12.4 Å². The lowest BCUT2D eigenvalue weighted by molar-refractivity contribution is 0.305. The first-order chi connectivity index (χ1) is 8.58. The Morgan fingerprint density at radius 3 is 2.72 bits per heavy atom. The summed E-state index contributed by atoms with van der Waals surface area (Å²) < 4.78 is 5.93. The summed E-state index contributed by atoms with van der Waals surface area (Å²) in [6, 6.07) is 8.20. The number of rotatable bonds is 4. The van der Waals surface area contributed by atoms with Crippen LogP contribution in [0, 0.1) is 6.92 Å². The van der Waals surface area contributed by atoms with Gasteiger partial charge in [0.15, 0.2) is 0 Å². The molecule has 1 heterocycles. The summed E-state index contributed by atoms with van der Waals surface area (Å²) in [7, 11) is 0. The molecule has 0 radical (unpaired) electrons. The molecule has 2 aromatic rings. The molecule has 0 saturated carbocycles. The Labute approximate surface area is 112 Å². The molecule has 96 valence electrons. The van der Waals surface area contributed by atoms with Crippen molar-refractivity contribution >= 4 is 17.0 Å². The number of nitrogens with two attached hydrogens (primary N) is 1. The molecular formula is C15H19NOS. The Bertz CT molecular complexity index is 518. The monoisotopic (exact) mass is 261 g/mol. The van der Waals surface area contributed by atoms with Gasteiger partial charge in [0.05, 0.1) is 0 Å². The van der Waals surface area contributed by atoms with Crippen molar-refractivity contribution in [3.05, 3.63) is 45.6 Å². The van der Waals surface area contributed by atoms with Crippen LogP contribution in [0.1, 0.15) is 35.8 Å². The predicted molar refractivity (Wildman–Crippen MR) is 78.3 cm³/mol. The lowest BCUT2D eigenvalue weighted by Crippen LogP contribution is -2.01. The molecule has 0 fully saturated rings. The van der Waals surface area contributed by atoms with Gasteiger partial charge in [-0.3, -0.25) is 0 Å². The minimum atomic E-state index is 0.409. The van der Waals surface area contributed by atoms with E-state index in [-0.39, 0.29) is 0 Å². The van der Waals surface area contributed by atoms with Crippen LogP contribution < -0.4 is 10.5 Å². The summed E-state index contributed by atoms with van der Waals surface area (Å²) in [4.78, 5) is 1.24. The zero-order valence-corrected chi connectivity index (χ0v) is 11.9. The maximum absolute atomic E-state index is 5.96. The Morgan fingerprint density at radius 1 is 1.33 bits per heavy atom. The van der Waals surface area contributed by atoms with Crippen LogP contribution >= 0.6 is 11.3 Å². The molecule has 2 N–H and O–H groups in total. The first kappa shape index (κ1) is 13.0. The van der Waals surface area contributed by atoms with Crippen LogP contribution in [0.15, 0.2) is 29.6 Å². The Morgan fingerprint density at radius 2 is 2.11 bits per heavy atom. The van der Waals surface area contributed by atoms with E-state index in [0.717, 1.165) is 17.0 Å². The van der Waals surface area contributed by atoms with E-state index in [0.29, 0.717) is 12.5 Å². The van der Waals surface area contributed by atoms with Crippen molar-refractivity contribution in [3.63, 3.8) is 0 Å². The second kappa shape index (κ2) is 5.44. The SMILES string of the molecule is Cc1cc(OCc2cccs2)c(C(C)C)cc1N. The molecule has 0 aliphatic carbocycles. The normalized spacial score (nSPS) is 10.9. The highest BCUT2D eigenvalue weighted by Crippen LogP contribution is 2.31. The third kappa shape index (κ3) is 2.85. The van der Waals surface area contributed by atoms with Crippen molar-refractivity contribution < 1.29 is 4.74 Å². The second-order valence-electron chi connectivity index (χ2n) is 4.77. The molecular weight excluding hydrogens is 242 g/mol. The van der Waals surface area contributed by atoms with Crippen LogP contribution in [-0.4, -0.2) is 0 Å². The van der Waals surface area contributed by atoms with E-state index in [9.17, 15) is 0 Å². The minimum absolute atomic E-state index is 0.409. The molecule has 0 aliphatic rings. The van der Waals surface area contributed by atoms with Crippen LogP contribution in [0.5, 0.6) is 5.75 Å². The molecule has 0 saturated heterocycles. The van der Waals surface area contributed by atoms with E-state index in [2.05, 4.69) is 25.3 Å². The Hall–Kier alpha value is -1.48. The summed E-state index contributed by atoms with van der Waals surface area (Å²) in [5.74, 6) is 1.36. The van der Waals surface area contributed by atoms with Gasteiger partial charge >= 0.3 is 0 Å².